The number of hydrogen-bond donors (Lipinski definition) is 1. The lowest BCUT2D eigenvalue weighted by molar-refractivity contribution is -0.112. The van der Waals surface area contributed by atoms with Crippen molar-refractivity contribution < 1.29 is 13.9 Å². The molecule has 3 aromatic rings. The number of anilines is 1. The van der Waals surface area contributed by atoms with Gasteiger partial charge in [-0.1, -0.05) is 30.7 Å². The zero-order valence-corrected chi connectivity index (χ0v) is 22.0. The summed E-state index contributed by atoms with van der Waals surface area (Å²) in [6.45, 7) is 3.71. The van der Waals surface area contributed by atoms with Crippen molar-refractivity contribution in [3.8, 4) is 0 Å². The van der Waals surface area contributed by atoms with E-state index in [0.717, 1.165) is 98.9 Å². The van der Waals surface area contributed by atoms with Gasteiger partial charge in [0.2, 0.25) is 0 Å². The van der Waals surface area contributed by atoms with Gasteiger partial charge in [0, 0.05) is 42.3 Å². The summed E-state index contributed by atoms with van der Waals surface area (Å²) in [5.41, 5.74) is 4.36. The number of ether oxygens (including phenoxy) is 1. The van der Waals surface area contributed by atoms with Gasteiger partial charge in [-0.2, -0.15) is 5.10 Å². The van der Waals surface area contributed by atoms with Crippen LogP contribution in [0.3, 0.4) is 0 Å². The topological polar surface area (TPSA) is 72.3 Å². The van der Waals surface area contributed by atoms with Crippen LogP contribution in [0.15, 0.2) is 36.5 Å². The molecule has 8 heteroatoms. The molecular formula is C30H38FN5O2. The lowest BCUT2D eigenvalue weighted by Crippen LogP contribution is -2.30. The molecule has 7 nitrogen and oxygen atoms in total. The molecule has 3 aliphatic heterocycles. The summed E-state index contributed by atoms with van der Waals surface area (Å²) in [5.74, 6) is 0.999. The Labute approximate surface area is 223 Å². The quantitative estimate of drug-likeness (QED) is 0.298. The van der Waals surface area contributed by atoms with E-state index in [1.54, 1.807) is 0 Å². The minimum Gasteiger partial charge on any atom is -0.379 e. The number of aryl methyl sites for hydroxylation is 2. The molecule has 38 heavy (non-hydrogen) atoms. The van der Waals surface area contributed by atoms with Crippen molar-refractivity contribution in [3.63, 3.8) is 0 Å². The van der Waals surface area contributed by atoms with Crippen LogP contribution in [0.25, 0.3) is 10.9 Å². The first-order chi connectivity index (χ1) is 18.7. The van der Waals surface area contributed by atoms with Gasteiger partial charge >= 0.3 is 0 Å². The Bertz CT molecular complexity index is 1260. The van der Waals surface area contributed by atoms with Crippen LogP contribution in [0.5, 0.6) is 0 Å². The van der Waals surface area contributed by atoms with Crippen LogP contribution in [-0.4, -0.2) is 65.0 Å². The fourth-order valence-corrected chi connectivity index (χ4v) is 6.47. The predicted molar refractivity (Wildman–Crippen MR) is 146 cm³/mol. The number of halogens is 1. The van der Waals surface area contributed by atoms with Crippen LogP contribution < -0.4 is 5.32 Å². The fraction of sp³-hybridized carbons (Fsp3) is 0.567. The van der Waals surface area contributed by atoms with Crippen LogP contribution >= 0.6 is 0 Å². The monoisotopic (exact) mass is 519 g/mol. The molecule has 3 aliphatic rings. The summed E-state index contributed by atoms with van der Waals surface area (Å²) in [6, 6.07) is 10.2. The van der Waals surface area contributed by atoms with E-state index in [4.69, 9.17) is 9.72 Å². The predicted octanol–water partition coefficient (Wildman–Crippen LogP) is 5.06. The van der Waals surface area contributed by atoms with Crippen LogP contribution in [0.1, 0.15) is 67.4 Å². The van der Waals surface area contributed by atoms with Gasteiger partial charge < -0.3 is 14.8 Å². The van der Waals surface area contributed by atoms with Crippen LogP contribution in [0.4, 0.5) is 10.2 Å². The lowest BCUT2D eigenvalue weighted by atomic mass is 9.97. The molecule has 4 atom stereocenters. The number of hydrogen-bond acceptors (Lipinski definition) is 6. The highest BCUT2D eigenvalue weighted by atomic mass is 19.1. The molecule has 6 rings (SSSR count). The van der Waals surface area contributed by atoms with E-state index in [1.807, 2.05) is 29.1 Å². The average Bonchev–Trinajstić information content (AvgIpc) is 3.73. The van der Waals surface area contributed by atoms with Gasteiger partial charge in [-0.3, -0.25) is 9.58 Å². The van der Waals surface area contributed by atoms with E-state index in [9.17, 15) is 4.79 Å². The summed E-state index contributed by atoms with van der Waals surface area (Å²) in [5, 5.41) is 9.07. The average molecular weight is 520 g/mol. The zero-order chi connectivity index (χ0) is 25.9. The number of fused-ring (bicyclic) bond motifs is 2. The molecule has 2 fully saturated rings. The van der Waals surface area contributed by atoms with E-state index >= 15 is 4.39 Å². The molecule has 2 saturated heterocycles. The number of pyridine rings is 1. The first-order valence-electron chi connectivity index (χ1n) is 14.3. The Morgan fingerprint density at radius 3 is 3.03 bits per heavy atom. The first kappa shape index (κ1) is 25.4. The summed E-state index contributed by atoms with van der Waals surface area (Å²) in [4.78, 5) is 19.3. The number of rotatable bonds is 10. The lowest BCUT2D eigenvalue weighted by Gasteiger charge is -2.25. The maximum Gasteiger partial charge on any atom is 0.141 e. The highest BCUT2D eigenvalue weighted by Crippen LogP contribution is 2.35. The Kier molecular flexibility index (Phi) is 7.70. The molecular weight excluding hydrogens is 481 g/mol. The third kappa shape index (κ3) is 5.21. The Hall–Kier alpha value is -2.84. The molecule has 1 aromatic carbocycles. The molecule has 2 aromatic heterocycles. The van der Waals surface area contributed by atoms with Crippen molar-refractivity contribution in [1.82, 2.24) is 19.7 Å². The van der Waals surface area contributed by atoms with E-state index in [1.165, 1.54) is 5.56 Å². The number of likely N-dealkylation sites (tertiary alicyclic amines) is 1. The van der Waals surface area contributed by atoms with Gasteiger partial charge in [-0.25, -0.2) is 9.37 Å². The SMILES string of the molecule is O=C[C@H](c1cccc2cnn([C@H]3CCOC3)c12)N1CC[C@@H]([C@@H](F)CCCCc2ccc3c(n2)NCCC3)C1. The standard InChI is InChI=1S/C30H38FN5O2/c31-27(9-2-1-7-24-11-10-21-6-4-14-32-30(21)34-24)23-12-15-35(18-23)28(19-37)26-8-3-5-22-17-33-36(29(22)26)25-13-16-38-20-25/h3,5,8,10-11,17,19,23,25,27-28H,1-2,4,6-7,9,12-16,18,20H2,(H,32,34)/t23-,25+,27+,28-/m1/s1. The van der Waals surface area contributed by atoms with E-state index < -0.39 is 12.2 Å². The van der Waals surface area contributed by atoms with Crippen LogP contribution in [-0.2, 0) is 22.4 Å². The highest BCUT2D eigenvalue weighted by Gasteiger charge is 2.35. The molecule has 0 bridgehead atoms. The maximum atomic E-state index is 15.3. The van der Waals surface area contributed by atoms with Gasteiger partial charge in [-0.05, 0) is 63.1 Å². The van der Waals surface area contributed by atoms with Gasteiger partial charge in [0.25, 0.3) is 0 Å². The van der Waals surface area contributed by atoms with Crippen molar-refractivity contribution in [2.24, 2.45) is 5.92 Å². The number of carbonyl (C=O) groups is 1. The third-order valence-corrected chi connectivity index (χ3v) is 8.62. The smallest absolute Gasteiger partial charge is 0.141 e. The van der Waals surface area contributed by atoms with Crippen molar-refractivity contribution in [2.45, 2.75) is 69.6 Å². The number of carbonyl (C=O) groups excluding carboxylic acids is 1. The van der Waals surface area contributed by atoms with Crippen LogP contribution in [0, 0.1) is 5.92 Å². The maximum absolute atomic E-state index is 15.3. The number of aldehydes is 1. The Morgan fingerprint density at radius 2 is 2.16 bits per heavy atom. The number of para-hydroxylation sites is 1. The second-order valence-corrected chi connectivity index (χ2v) is 11.1. The van der Waals surface area contributed by atoms with Crippen molar-refractivity contribution in [2.75, 3.05) is 38.2 Å². The third-order valence-electron chi connectivity index (χ3n) is 8.62. The molecule has 202 valence electrons. The molecule has 0 spiro atoms. The number of nitrogens with one attached hydrogen (secondary N) is 1. The summed E-state index contributed by atoms with van der Waals surface area (Å²) in [7, 11) is 0. The Balaban J connectivity index is 1.05. The molecule has 0 amide bonds. The minimum absolute atomic E-state index is 0.0316. The second-order valence-electron chi connectivity index (χ2n) is 11.1. The number of aromatic nitrogens is 3. The molecule has 1 N–H and O–H groups in total. The minimum atomic E-state index is -0.845. The molecule has 0 aliphatic carbocycles. The number of nitrogens with zero attached hydrogens (tertiary/aromatic N) is 4. The summed E-state index contributed by atoms with van der Waals surface area (Å²) < 4.78 is 22.9. The Morgan fingerprint density at radius 1 is 1.21 bits per heavy atom. The highest BCUT2D eigenvalue weighted by molar-refractivity contribution is 5.85. The number of unbranched alkanes of at least 4 members (excludes halogenated alkanes) is 1. The van der Waals surface area contributed by atoms with Gasteiger partial charge in [-0.15, -0.1) is 0 Å². The molecule has 0 unspecified atom stereocenters. The normalized spacial score (nSPS) is 23.3. The van der Waals surface area contributed by atoms with Gasteiger partial charge in [0.1, 0.15) is 18.3 Å². The summed E-state index contributed by atoms with van der Waals surface area (Å²) >= 11 is 0. The van der Waals surface area contributed by atoms with Crippen molar-refractivity contribution in [3.05, 3.63) is 53.3 Å². The fourth-order valence-electron chi connectivity index (χ4n) is 6.47. The van der Waals surface area contributed by atoms with Crippen LogP contribution in [0.2, 0.25) is 0 Å². The van der Waals surface area contributed by atoms with E-state index in [0.29, 0.717) is 19.6 Å². The van der Waals surface area contributed by atoms with Gasteiger partial charge in [0.05, 0.1) is 30.4 Å². The van der Waals surface area contributed by atoms with Crippen molar-refractivity contribution in [1.29, 1.82) is 0 Å². The summed E-state index contributed by atoms with van der Waals surface area (Å²) in [6.07, 6.45) is 9.26. The molecule has 5 heterocycles. The van der Waals surface area contributed by atoms with E-state index in [2.05, 4.69) is 27.4 Å². The molecule has 0 radical (unpaired) electrons. The van der Waals surface area contributed by atoms with Gasteiger partial charge in [0.15, 0.2) is 0 Å². The first-order valence-corrected chi connectivity index (χ1v) is 14.3. The van der Waals surface area contributed by atoms with Crippen molar-refractivity contribution >= 4 is 23.0 Å². The largest absolute Gasteiger partial charge is 0.379 e. The zero-order valence-electron chi connectivity index (χ0n) is 22.0. The van der Waals surface area contributed by atoms with E-state index in [-0.39, 0.29) is 12.0 Å². The number of alkyl halides is 1. The second kappa shape index (κ2) is 11.5. The molecule has 0 saturated carbocycles. The number of benzene rings is 1.